The molecule has 9 nitrogen and oxygen atoms in total. The van der Waals surface area contributed by atoms with Crippen molar-refractivity contribution in [2.45, 2.75) is 56.7 Å². The van der Waals surface area contributed by atoms with Gasteiger partial charge in [-0.05, 0) is 56.8 Å². The first kappa shape index (κ1) is 27.5. The Balaban J connectivity index is 1.43. The van der Waals surface area contributed by atoms with Crippen molar-refractivity contribution in [3.05, 3.63) is 65.2 Å². The number of carbonyl (C=O) groups excluding carboxylic acids is 2. The number of nitrogens with two attached hydrogens (primary N) is 2. The fourth-order valence-corrected chi connectivity index (χ4v) is 6.00. The number of benzene rings is 2. The molecule has 1 saturated heterocycles. The van der Waals surface area contributed by atoms with Gasteiger partial charge < -0.3 is 27.0 Å². The molecule has 0 saturated carbocycles. The predicted octanol–water partition coefficient (Wildman–Crippen LogP) is 2.20. The number of rotatable bonds is 12. The topological polar surface area (TPSA) is 139 Å². The number of aromatic nitrogens is 1. The van der Waals surface area contributed by atoms with Crippen molar-refractivity contribution in [3.63, 3.8) is 0 Å². The first-order valence-electron chi connectivity index (χ1n) is 13.2. The van der Waals surface area contributed by atoms with Gasteiger partial charge in [-0.2, -0.15) is 0 Å². The second-order valence-electron chi connectivity index (χ2n) is 9.65. The molecule has 1 aromatic heterocycles. The SMILES string of the molecule is CN[C@H](Cc1ccccc1)C(=O)N1CCC[C@H]1C(=O)N[C@H](CCCN=C(N)N)Cc1nc2ccccc2s1. The van der Waals surface area contributed by atoms with E-state index in [0.29, 0.717) is 38.8 Å². The summed E-state index contributed by atoms with van der Waals surface area (Å²) in [5.41, 5.74) is 13.0. The van der Waals surface area contributed by atoms with Crippen LogP contribution in [-0.2, 0) is 22.4 Å². The van der Waals surface area contributed by atoms with E-state index in [1.165, 1.54) is 0 Å². The van der Waals surface area contributed by atoms with E-state index in [1.807, 2.05) is 48.5 Å². The van der Waals surface area contributed by atoms with E-state index in [1.54, 1.807) is 23.3 Å². The lowest BCUT2D eigenvalue weighted by atomic mass is 10.0. The number of guanidine groups is 1. The van der Waals surface area contributed by atoms with E-state index in [2.05, 4.69) is 21.7 Å². The van der Waals surface area contributed by atoms with Gasteiger partial charge in [0, 0.05) is 25.6 Å². The molecule has 4 rings (SSSR count). The van der Waals surface area contributed by atoms with Gasteiger partial charge in [-0.1, -0.05) is 42.5 Å². The Morgan fingerprint density at radius 3 is 2.63 bits per heavy atom. The summed E-state index contributed by atoms with van der Waals surface area (Å²) in [6.07, 6.45) is 4.07. The Morgan fingerprint density at radius 1 is 1.13 bits per heavy atom. The Hall–Kier alpha value is -3.50. The Labute approximate surface area is 227 Å². The highest BCUT2D eigenvalue weighted by atomic mass is 32.1. The summed E-state index contributed by atoms with van der Waals surface area (Å²) in [4.78, 5) is 37.6. The predicted molar refractivity (Wildman–Crippen MR) is 153 cm³/mol. The zero-order chi connectivity index (χ0) is 26.9. The maximum atomic E-state index is 13.5. The third-order valence-electron chi connectivity index (χ3n) is 6.88. The second kappa shape index (κ2) is 13.3. The molecule has 0 bridgehead atoms. The number of thiazole rings is 1. The molecule has 2 heterocycles. The van der Waals surface area contributed by atoms with Crippen molar-refractivity contribution in [1.29, 1.82) is 0 Å². The minimum atomic E-state index is -0.482. The highest BCUT2D eigenvalue weighted by molar-refractivity contribution is 7.18. The van der Waals surface area contributed by atoms with Crippen LogP contribution in [0, 0.1) is 0 Å². The number of nitrogens with one attached hydrogen (secondary N) is 2. The largest absolute Gasteiger partial charge is 0.370 e. The van der Waals surface area contributed by atoms with Gasteiger partial charge in [0.25, 0.3) is 0 Å². The van der Waals surface area contributed by atoms with Crippen LogP contribution < -0.4 is 22.1 Å². The van der Waals surface area contributed by atoms with Crippen LogP contribution in [-0.4, -0.2) is 65.9 Å². The van der Waals surface area contributed by atoms with Crippen LogP contribution in [0.5, 0.6) is 0 Å². The molecule has 3 atom stereocenters. The molecule has 1 fully saturated rings. The van der Waals surface area contributed by atoms with E-state index < -0.39 is 6.04 Å². The molecule has 1 aliphatic rings. The summed E-state index contributed by atoms with van der Waals surface area (Å²) in [5, 5.41) is 7.36. The number of likely N-dealkylation sites (N-methyl/N-ethyl adjacent to an activating group) is 1. The average Bonchev–Trinajstić information content (AvgIpc) is 3.57. The number of para-hydroxylation sites is 1. The van der Waals surface area contributed by atoms with Crippen LogP contribution >= 0.6 is 11.3 Å². The maximum Gasteiger partial charge on any atom is 0.243 e. The molecule has 6 N–H and O–H groups in total. The number of likely N-dealkylation sites (tertiary alicyclic amines) is 1. The number of nitrogens with zero attached hydrogens (tertiary/aromatic N) is 3. The third kappa shape index (κ3) is 7.29. The van der Waals surface area contributed by atoms with Gasteiger partial charge >= 0.3 is 0 Å². The monoisotopic (exact) mass is 535 g/mol. The molecular formula is C28H37N7O2S. The van der Waals surface area contributed by atoms with E-state index in [0.717, 1.165) is 33.6 Å². The first-order valence-corrected chi connectivity index (χ1v) is 14.0. The van der Waals surface area contributed by atoms with Crippen LogP contribution in [0.15, 0.2) is 59.6 Å². The maximum absolute atomic E-state index is 13.5. The van der Waals surface area contributed by atoms with Crippen molar-refractivity contribution < 1.29 is 9.59 Å². The molecule has 10 heteroatoms. The smallest absolute Gasteiger partial charge is 0.243 e. The molecule has 2 amide bonds. The third-order valence-corrected chi connectivity index (χ3v) is 7.94. The van der Waals surface area contributed by atoms with Gasteiger partial charge in [0.1, 0.15) is 6.04 Å². The van der Waals surface area contributed by atoms with Crippen LogP contribution in [0.25, 0.3) is 10.2 Å². The van der Waals surface area contributed by atoms with Crippen molar-refractivity contribution in [2.24, 2.45) is 16.5 Å². The van der Waals surface area contributed by atoms with Crippen molar-refractivity contribution in [3.8, 4) is 0 Å². The highest BCUT2D eigenvalue weighted by Gasteiger charge is 2.37. The fourth-order valence-electron chi connectivity index (χ4n) is 4.95. The Kier molecular flexibility index (Phi) is 9.67. The minimum absolute atomic E-state index is 0.0375. The molecular weight excluding hydrogens is 498 g/mol. The fraction of sp³-hybridized carbons (Fsp3) is 0.429. The lowest BCUT2D eigenvalue weighted by molar-refractivity contribution is -0.140. The number of carbonyl (C=O) groups is 2. The quantitative estimate of drug-likeness (QED) is 0.159. The van der Waals surface area contributed by atoms with Crippen LogP contribution in [0.4, 0.5) is 0 Å². The number of hydrogen-bond donors (Lipinski definition) is 4. The standard InChI is InChI=1S/C28H37N7O2S/c1-31-22(17-19-9-3-2-4-10-19)27(37)35-16-8-13-23(35)26(36)33-20(11-7-15-32-28(29)30)18-25-34-21-12-5-6-14-24(21)38-25/h2-6,9-10,12,14,20,22-23,31H,7-8,11,13,15-18H2,1H3,(H,33,36)(H4,29,30,32)/t20-,22-,23+/m1/s1. The first-order chi connectivity index (χ1) is 18.4. The summed E-state index contributed by atoms with van der Waals surface area (Å²) in [6.45, 7) is 1.07. The highest BCUT2D eigenvalue weighted by Crippen LogP contribution is 2.24. The summed E-state index contributed by atoms with van der Waals surface area (Å²) >= 11 is 1.64. The normalized spacial score (nSPS) is 16.8. The van der Waals surface area contributed by atoms with E-state index in [9.17, 15) is 9.59 Å². The summed E-state index contributed by atoms with van der Waals surface area (Å²) < 4.78 is 1.12. The number of amides is 2. The molecule has 0 spiro atoms. The van der Waals surface area contributed by atoms with E-state index in [-0.39, 0.29) is 29.9 Å². The summed E-state index contributed by atoms with van der Waals surface area (Å²) in [6, 6.07) is 16.9. The molecule has 1 aliphatic heterocycles. The van der Waals surface area contributed by atoms with Gasteiger partial charge in [-0.3, -0.25) is 14.6 Å². The van der Waals surface area contributed by atoms with Crippen molar-refractivity contribution in [2.75, 3.05) is 20.1 Å². The average molecular weight is 536 g/mol. The molecule has 0 radical (unpaired) electrons. The Morgan fingerprint density at radius 2 is 1.89 bits per heavy atom. The van der Waals surface area contributed by atoms with Crippen molar-refractivity contribution in [1.82, 2.24) is 20.5 Å². The second-order valence-corrected chi connectivity index (χ2v) is 10.8. The lowest BCUT2D eigenvalue weighted by Crippen LogP contribution is -2.54. The van der Waals surface area contributed by atoms with Gasteiger partial charge in [0.15, 0.2) is 5.96 Å². The van der Waals surface area contributed by atoms with Crippen LogP contribution in [0.3, 0.4) is 0 Å². The van der Waals surface area contributed by atoms with Gasteiger partial charge in [0.2, 0.25) is 11.8 Å². The lowest BCUT2D eigenvalue weighted by Gasteiger charge is -2.29. The molecule has 3 aromatic rings. The molecule has 0 aliphatic carbocycles. The molecule has 38 heavy (non-hydrogen) atoms. The van der Waals surface area contributed by atoms with Crippen LogP contribution in [0.1, 0.15) is 36.3 Å². The van der Waals surface area contributed by atoms with Gasteiger partial charge in [0.05, 0.1) is 21.3 Å². The zero-order valence-electron chi connectivity index (χ0n) is 21.8. The minimum Gasteiger partial charge on any atom is -0.370 e. The number of fused-ring (bicyclic) bond motifs is 1. The van der Waals surface area contributed by atoms with Crippen LogP contribution in [0.2, 0.25) is 0 Å². The summed E-state index contributed by atoms with van der Waals surface area (Å²) in [5.74, 6) is -0.0886. The van der Waals surface area contributed by atoms with Crippen molar-refractivity contribution >= 4 is 39.3 Å². The molecule has 0 unspecified atom stereocenters. The summed E-state index contributed by atoms with van der Waals surface area (Å²) in [7, 11) is 1.79. The molecule has 2 aromatic carbocycles. The zero-order valence-corrected chi connectivity index (χ0v) is 22.6. The van der Waals surface area contributed by atoms with E-state index in [4.69, 9.17) is 16.5 Å². The van der Waals surface area contributed by atoms with Gasteiger partial charge in [-0.15, -0.1) is 11.3 Å². The number of aliphatic imine (C=N–C) groups is 1. The number of hydrogen-bond acceptors (Lipinski definition) is 6. The Bertz CT molecular complexity index is 1210. The van der Waals surface area contributed by atoms with E-state index >= 15 is 0 Å². The molecule has 202 valence electrons. The van der Waals surface area contributed by atoms with Gasteiger partial charge in [-0.25, -0.2) is 4.98 Å².